The molecule has 2 rings (SSSR count). The summed E-state index contributed by atoms with van der Waals surface area (Å²) in [4.78, 5) is 10.3. The second-order valence-electron chi connectivity index (χ2n) is 9.30. The first-order valence-corrected chi connectivity index (χ1v) is 13.9. The number of halogens is 1. The summed E-state index contributed by atoms with van der Waals surface area (Å²) < 4.78 is 5.97. The topological polar surface area (TPSA) is 76.8 Å². The van der Waals surface area contributed by atoms with Crippen LogP contribution in [-0.4, -0.2) is 17.7 Å². The first-order valence-electron chi connectivity index (χ1n) is 13.6. The van der Waals surface area contributed by atoms with Crippen LogP contribution in [0.1, 0.15) is 102 Å². The van der Waals surface area contributed by atoms with Gasteiger partial charge in [-0.05, 0) is 42.3 Å². The SMILES string of the molecule is CCCCCCCCCCCCCCCCOc1ccc(Cl)cc1N/N=C\c1ccc([N+](=O)[O-])cc1. The smallest absolute Gasteiger partial charge is 0.269 e. The van der Waals surface area contributed by atoms with Gasteiger partial charge in [-0.15, -0.1) is 0 Å². The largest absolute Gasteiger partial charge is 0.491 e. The lowest BCUT2D eigenvalue weighted by Crippen LogP contribution is -2.01. The number of hydrazone groups is 1. The average Bonchev–Trinajstić information content (AvgIpc) is 2.87. The summed E-state index contributed by atoms with van der Waals surface area (Å²) >= 11 is 6.15. The number of nitrogens with one attached hydrogen (secondary N) is 1. The molecule has 2 aromatic rings. The zero-order valence-electron chi connectivity index (χ0n) is 21.7. The molecule has 0 aliphatic carbocycles. The van der Waals surface area contributed by atoms with Gasteiger partial charge in [0.15, 0.2) is 0 Å². The van der Waals surface area contributed by atoms with Crippen molar-refractivity contribution in [3.05, 3.63) is 63.2 Å². The number of rotatable bonds is 20. The second kappa shape index (κ2) is 18.6. The fourth-order valence-electron chi connectivity index (χ4n) is 4.05. The van der Waals surface area contributed by atoms with Crippen molar-refractivity contribution < 1.29 is 9.66 Å². The standard InChI is InChI=1S/C29H42ClN3O3/c1-2-3-4-5-6-7-8-9-10-11-12-13-14-15-22-36-29-21-18-26(30)23-28(29)32-31-24-25-16-19-27(20-17-25)33(34)35/h16-21,23-24,32H,2-15,22H2,1H3/b31-24-. The Hall–Kier alpha value is -2.60. The molecule has 0 radical (unpaired) electrons. The number of hydrogen-bond donors (Lipinski definition) is 1. The molecule has 0 saturated heterocycles. The second-order valence-corrected chi connectivity index (χ2v) is 9.74. The van der Waals surface area contributed by atoms with Gasteiger partial charge < -0.3 is 4.74 Å². The molecule has 0 saturated carbocycles. The summed E-state index contributed by atoms with van der Waals surface area (Å²) in [5, 5.41) is 15.6. The van der Waals surface area contributed by atoms with E-state index in [4.69, 9.17) is 16.3 Å². The minimum absolute atomic E-state index is 0.0501. The van der Waals surface area contributed by atoms with Gasteiger partial charge in [-0.1, -0.05) is 102 Å². The summed E-state index contributed by atoms with van der Waals surface area (Å²) in [6.07, 6.45) is 20.2. The number of unbranched alkanes of at least 4 members (excludes halogenated alkanes) is 13. The molecule has 0 fully saturated rings. The van der Waals surface area contributed by atoms with Gasteiger partial charge in [0.1, 0.15) is 5.75 Å². The predicted octanol–water partition coefficient (Wildman–Crippen LogP) is 9.55. The monoisotopic (exact) mass is 515 g/mol. The first kappa shape index (κ1) is 29.6. The lowest BCUT2D eigenvalue weighted by molar-refractivity contribution is -0.384. The number of nitro benzene ring substituents is 1. The van der Waals surface area contributed by atoms with Gasteiger partial charge in [0, 0.05) is 17.2 Å². The minimum atomic E-state index is -0.424. The molecule has 1 N–H and O–H groups in total. The van der Waals surface area contributed by atoms with Crippen LogP contribution in [0, 0.1) is 10.1 Å². The van der Waals surface area contributed by atoms with Crippen molar-refractivity contribution >= 4 is 29.2 Å². The lowest BCUT2D eigenvalue weighted by Gasteiger charge is -2.11. The van der Waals surface area contributed by atoms with Gasteiger partial charge in [-0.3, -0.25) is 15.5 Å². The predicted molar refractivity (Wildman–Crippen MR) is 152 cm³/mol. The van der Waals surface area contributed by atoms with E-state index < -0.39 is 4.92 Å². The van der Waals surface area contributed by atoms with Crippen molar-refractivity contribution in [2.45, 2.75) is 96.8 Å². The van der Waals surface area contributed by atoms with E-state index in [0.29, 0.717) is 23.1 Å². The molecule has 198 valence electrons. The molecule has 0 aliphatic rings. The zero-order valence-corrected chi connectivity index (χ0v) is 22.5. The highest BCUT2D eigenvalue weighted by atomic mass is 35.5. The lowest BCUT2D eigenvalue weighted by atomic mass is 10.0. The average molecular weight is 516 g/mol. The van der Waals surface area contributed by atoms with Crippen molar-refractivity contribution in [3.63, 3.8) is 0 Å². The summed E-state index contributed by atoms with van der Waals surface area (Å²) in [5.41, 5.74) is 4.45. The number of nitro groups is 1. The molecule has 36 heavy (non-hydrogen) atoms. The van der Waals surface area contributed by atoms with Crippen LogP contribution in [0.3, 0.4) is 0 Å². The third-order valence-corrected chi connectivity index (χ3v) is 6.43. The highest BCUT2D eigenvalue weighted by molar-refractivity contribution is 6.30. The number of anilines is 1. The Labute approximate surface area is 221 Å². The Kier molecular flexibility index (Phi) is 15.3. The van der Waals surface area contributed by atoms with Crippen LogP contribution in [0.2, 0.25) is 5.02 Å². The summed E-state index contributed by atoms with van der Waals surface area (Å²) in [6, 6.07) is 11.6. The Morgan fingerprint density at radius 1 is 0.861 bits per heavy atom. The minimum Gasteiger partial charge on any atom is -0.491 e. The number of non-ortho nitro benzene ring substituents is 1. The van der Waals surface area contributed by atoms with Gasteiger partial charge in [0.2, 0.25) is 0 Å². The van der Waals surface area contributed by atoms with Crippen molar-refractivity contribution in [3.8, 4) is 5.75 Å². The highest BCUT2D eigenvalue weighted by Crippen LogP contribution is 2.28. The molecule has 0 aromatic heterocycles. The third kappa shape index (κ3) is 12.9. The molecule has 0 bridgehead atoms. The molecular formula is C29H42ClN3O3. The molecular weight excluding hydrogens is 474 g/mol. The quantitative estimate of drug-likeness (QED) is 0.0823. The van der Waals surface area contributed by atoms with Gasteiger partial charge in [0.25, 0.3) is 5.69 Å². The van der Waals surface area contributed by atoms with Crippen molar-refractivity contribution in [2.24, 2.45) is 5.10 Å². The Morgan fingerprint density at radius 2 is 1.42 bits per heavy atom. The number of hydrogen-bond acceptors (Lipinski definition) is 5. The maximum atomic E-state index is 10.8. The van der Waals surface area contributed by atoms with E-state index in [1.54, 1.807) is 30.5 Å². The van der Waals surface area contributed by atoms with E-state index in [9.17, 15) is 10.1 Å². The first-order chi connectivity index (χ1) is 17.6. The van der Waals surface area contributed by atoms with E-state index in [-0.39, 0.29) is 5.69 Å². The molecule has 0 unspecified atom stereocenters. The number of benzene rings is 2. The van der Waals surface area contributed by atoms with E-state index in [0.717, 1.165) is 12.0 Å². The maximum absolute atomic E-state index is 10.8. The van der Waals surface area contributed by atoms with E-state index in [1.165, 1.54) is 95.6 Å². The van der Waals surface area contributed by atoms with Crippen LogP contribution < -0.4 is 10.2 Å². The Balaban J connectivity index is 1.58. The van der Waals surface area contributed by atoms with Gasteiger partial charge in [-0.25, -0.2) is 0 Å². The fraction of sp³-hybridized carbons (Fsp3) is 0.552. The van der Waals surface area contributed by atoms with Crippen LogP contribution in [0.15, 0.2) is 47.6 Å². The summed E-state index contributed by atoms with van der Waals surface area (Å²) in [6.45, 7) is 2.92. The van der Waals surface area contributed by atoms with Gasteiger partial charge >= 0.3 is 0 Å². The number of ether oxygens (including phenoxy) is 1. The summed E-state index contributed by atoms with van der Waals surface area (Å²) in [5.74, 6) is 0.704. The highest BCUT2D eigenvalue weighted by Gasteiger charge is 2.05. The van der Waals surface area contributed by atoms with Crippen LogP contribution in [0.4, 0.5) is 11.4 Å². The van der Waals surface area contributed by atoms with E-state index in [1.807, 2.05) is 6.07 Å². The van der Waals surface area contributed by atoms with E-state index in [2.05, 4.69) is 17.5 Å². The van der Waals surface area contributed by atoms with Crippen LogP contribution in [0.5, 0.6) is 5.75 Å². The molecule has 6 nitrogen and oxygen atoms in total. The van der Waals surface area contributed by atoms with Crippen molar-refractivity contribution in [2.75, 3.05) is 12.0 Å². The molecule has 2 aromatic carbocycles. The third-order valence-electron chi connectivity index (χ3n) is 6.20. The van der Waals surface area contributed by atoms with Crippen LogP contribution in [-0.2, 0) is 0 Å². The van der Waals surface area contributed by atoms with Crippen LogP contribution >= 0.6 is 11.6 Å². The van der Waals surface area contributed by atoms with Crippen molar-refractivity contribution in [1.29, 1.82) is 0 Å². The molecule has 0 aliphatic heterocycles. The van der Waals surface area contributed by atoms with E-state index >= 15 is 0 Å². The maximum Gasteiger partial charge on any atom is 0.269 e. The molecule has 0 amide bonds. The molecule has 0 heterocycles. The Morgan fingerprint density at radius 3 is 1.97 bits per heavy atom. The Bertz CT molecular complexity index is 903. The summed E-state index contributed by atoms with van der Waals surface area (Å²) in [7, 11) is 0. The van der Waals surface area contributed by atoms with Crippen LogP contribution in [0.25, 0.3) is 0 Å². The molecule has 7 heteroatoms. The molecule has 0 atom stereocenters. The molecule has 0 spiro atoms. The zero-order chi connectivity index (χ0) is 25.8. The number of nitrogens with zero attached hydrogens (tertiary/aromatic N) is 2. The van der Waals surface area contributed by atoms with Gasteiger partial charge in [0.05, 0.1) is 23.4 Å². The van der Waals surface area contributed by atoms with Gasteiger partial charge in [-0.2, -0.15) is 5.10 Å². The normalized spacial score (nSPS) is 11.2. The fourth-order valence-corrected chi connectivity index (χ4v) is 4.22. The van der Waals surface area contributed by atoms with Crippen molar-refractivity contribution in [1.82, 2.24) is 0 Å².